The van der Waals surface area contributed by atoms with Gasteiger partial charge in [0, 0.05) is 38.8 Å². The van der Waals surface area contributed by atoms with Gasteiger partial charge in [-0.1, -0.05) is 0 Å². The molecule has 0 rings (SSSR count). The third-order valence-corrected chi connectivity index (χ3v) is 0. The number of hydrogen-bond donors (Lipinski definition) is 0. The van der Waals surface area contributed by atoms with Crippen LogP contribution in [-0.2, 0) is 38.8 Å². The minimum Gasteiger partial charge on any atom is -0.0149 e. The average molecular weight is 149 g/mol. The van der Waals surface area contributed by atoms with Crippen molar-refractivity contribution in [2.24, 2.45) is 0 Å². The summed E-state index contributed by atoms with van der Waals surface area (Å²) in [6, 6.07) is 0. The molecule has 0 saturated heterocycles. The van der Waals surface area contributed by atoms with Crippen LogP contribution in [0, 0.1) is 0 Å². The van der Waals surface area contributed by atoms with Crippen LogP contribution in [0.3, 0.4) is 0 Å². The molecule has 4 heavy (non-hydrogen) atoms. The second-order valence-electron chi connectivity index (χ2n) is 0. The minimum atomic E-state index is 0. The molecule has 0 aromatic carbocycles. The summed E-state index contributed by atoms with van der Waals surface area (Å²) in [7, 11) is 0. The SMILES string of the molecule is B.[Mn].[SiH4].[Ti]. The Morgan fingerprint density at radius 1 is 1.00 bits per heavy atom. The zero-order valence-corrected chi connectivity index (χ0v) is 3.62. The van der Waals surface area contributed by atoms with E-state index >= 15 is 0 Å². The summed E-state index contributed by atoms with van der Waals surface area (Å²) in [5.41, 5.74) is 0. The van der Waals surface area contributed by atoms with Crippen LogP contribution >= 0.6 is 0 Å². The van der Waals surface area contributed by atoms with Gasteiger partial charge >= 0.3 is 0 Å². The minimum absolute atomic E-state index is 0. The Morgan fingerprint density at radius 3 is 1.00 bits per heavy atom. The molecule has 0 bridgehead atoms. The Bertz CT molecular complexity index is 8.00. The summed E-state index contributed by atoms with van der Waals surface area (Å²) < 4.78 is 0. The van der Waals surface area contributed by atoms with Crippen LogP contribution in [0.1, 0.15) is 0 Å². The van der Waals surface area contributed by atoms with Crippen molar-refractivity contribution >= 4 is 19.4 Å². The second kappa shape index (κ2) is 24.3. The van der Waals surface area contributed by atoms with E-state index < -0.39 is 0 Å². The molecule has 0 amide bonds. The molecule has 25 valence electrons. The van der Waals surface area contributed by atoms with E-state index in [1.54, 1.807) is 0 Å². The predicted molar refractivity (Wildman–Crippen MR) is 21.3 cm³/mol. The molecule has 0 unspecified atom stereocenters. The molecule has 0 nitrogen and oxygen atoms in total. The molecule has 0 aliphatic heterocycles. The fraction of sp³-hybridized carbons (Fsp3) is 0. The molecule has 0 aliphatic carbocycles. The quantitative estimate of drug-likeness (QED) is 0.330. The Kier molecular flexibility index (Phi) is 297. The van der Waals surface area contributed by atoms with Gasteiger partial charge in [0.15, 0.2) is 0 Å². The Hall–Kier alpha value is 1.52. The first-order chi connectivity index (χ1) is 0. The van der Waals surface area contributed by atoms with Crippen molar-refractivity contribution in [3.8, 4) is 0 Å². The molecular formula is H7BMnSiTi. The van der Waals surface area contributed by atoms with E-state index in [2.05, 4.69) is 0 Å². The van der Waals surface area contributed by atoms with Gasteiger partial charge in [-0.2, -0.15) is 0 Å². The van der Waals surface area contributed by atoms with Crippen LogP contribution in [0.5, 0.6) is 0 Å². The summed E-state index contributed by atoms with van der Waals surface area (Å²) in [5, 5.41) is 0. The molecule has 0 aliphatic rings. The molecular weight excluding hydrogens is 142 g/mol. The molecule has 0 atom stereocenters. The van der Waals surface area contributed by atoms with E-state index in [0.717, 1.165) is 0 Å². The van der Waals surface area contributed by atoms with Gasteiger partial charge in [0.05, 0.1) is 8.41 Å². The van der Waals surface area contributed by atoms with E-state index in [4.69, 9.17) is 0 Å². The molecule has 1 radical (unpaired) electrons. The van der Waals surface area contributed by atoms with Gasteiger partial charge in [-0.05, 0) is 11.0 Å². The van der Waals surface area contributed by atoms with Gasteiger partial charge in [0.1, 0.15) is 0 Å². The molecule has 0 spiro atoms. The predicted octanol–water partition coefficient (Wildman–Crippen LogP) is -2.64. The molecule has 0 saturated carbocycles. The van der Waals surface area contributed by atoms with Crippen LogP contribution in [0.25, 0.3) is 0 Å². The van der Waals surface area contributed by atoms with Crippen molar-refractivity contribution in [1.82, 2.24) is 0 Å². The van der Waals surface area contributed by atoms with Crippen molar-refractivity contribution in [1.29, 1.82) is 0 Å². The largest absolute Gasteiger partial charge is 0.0814 e. The van der Waals surface area contributed by atoms with Gasteiger partial charge in [0.25, 0.3) is 0 Å². The Balaban J connectivity index is 0. The van der Waals surface area contributed by atoms with Crippen molar-refractivity contribution in [3.05, 3.63) is 0 Å². The molecule has 0 N–H and O–H groups in total. The normalized spacial score (nSPS) is 0. The topological polar surface area (TPSA) is 0 Å². The summed E-state index contributed by atoms with van der Waals surface area (Å²) in [6.45, 7) is 0. The number of rotatable bonds is 0. The summed E-state index contributed by atoms with van der Waals surface area (Å²) in [5.74, 6) is 0. The first kappa shape index (κ1) is 49.0. The van der Waals surface area contributed by atoms with Gasteiger partial charge in [-0.15, -0.1) is 0 Å². The van der Waals surface area contributed by atoms with Crippen LogP contribution in [0.15, 0.2) is 0 Å². The zero-order chi connectivity index (χ0) is 0. The first-order valence-electron chi connectivity index (χ1n) is 0. The monoisotopic (exact) mass is 149 g/mol. The maximum atomic E-state index is 0. The Labute approximate surface area is 58.1 Å². The molecule has 0 aromatic heterocycles. The second-order valence-corrected chi connectivity index (χ2v) is 0. The van der Waals surface area contributed by atoms with Crippen molar-refractivity contribution < 1.29 is 38.8 Å². The molecule has 0 aromatic rings. The fourth-order valence-corrected chi connectivity index (χ4v) is 0. The van der Waals surface area contributed by atoms with E-state index in [0.29, 0.717) is 0 Å². The van der Waals surface area contributed by atoms with E-state index in [9.17, 15) is 0 Å². The third-order valence-electron chi connectivity index (χ3n) is 0. The number of hydrogen-bond acceptors (Lipinski definition) is 0. The zero-order valence-electron chi connectivity index (χ0n) is 0.878. The van der Waals surface area contributed by atoms with Crippen molar-refractivity contribution in [3.63, 3.8) is 0 Å². The van der Waals surface area contributed by atoms with E-state index in [-0.39, 0.29) is 58.2 Å². The third kappa shape index (κ3) is 9.69. The molecule has 0 heterocycles. The van der Waals surface area contributed by atoms with Crippen molar-refractivity contribution in [2.45, 2.75) is 0 Å². The van der Waals surface area contributed by atoms with Gasteiger partial charge in [-0.25, -0.2) is 0 Å². The van der Waals surface area contributed by atoms with Gasteiger partial charge < -0.3 is 0 Å². The smallest absolute Gasteiger partial charge is 0.0149 e. The first-order valence-corrected chi connectivity index (χ1v) is 0. The molecule has 0 fully saturated rings. The summed E-state index contributed by atoms with van der Waals surface area (Å²) >= 11 is 0. The van der Waals surface area contributed by atoms with E-state index in [1.165, 1.54) is 0 Å². The Morgan fingerprint density at radius 2 is 1.00 bits per heavy atom. The fourth-order valence-electron chi connectivity index (χ4n) is 0. The van der Waals surface area contributed by atoms with Crippen LogP contribution in [0.4, 0.5) is 0 Å². The van der Waals surface area contributed by atoms with Gasteiger partial charge in [-0.3, -0.25) is 0 Å². The standard InChI is InChI=1S/BH3.Mn.H4Si.Ti/h1H3;;1H4;. The van der Waals surface area contributed by atoms with Gasteiger partial charge in [0.2, 0.25) is 0 Å². The average Bonchev–Trinajstić information content (AvgIpc) is 0. The summed E-state index contributed by atoms with van der Waals surface area (Å²) in [4.78, 5) is 0. The maximum absolute atomic E-state index is 0. The van der Waals surface area contributed by atoms with E-state index in [1.807, 2.05) is 0 Å². The summed E-state index contributed by atoms with van der Waals surface area (Å²) in [6.07, 6.45) is 0. The van der Waals surface area contributed by atoms with Crippen LogP contribution < -0.4 is 0 Å². The maximum Gasteiger partial charge on any atom is 0.0814 e. The van der Waals surface area contributed by atoms with Crippen molar-refractivity contribution in [2.75, 3.05) is 0 Å². The van der Waals surface area contributed by atoms with Crippen LogP contribution in [-0.4, -0.2) is 19.4 Å². The van der Waals surface area contributed by atoms with Crippen LogP contribution in [0.2, 0.25) is 0 Å². The molecule has 4 heteroatoms.